The topological polar surface area (TPSA) is 84.2 Å². The molecule has 2 amide bonds. The van der Waals surface area contributed by atoms with E-state index in [1.807, 2.05) is 0 Å². The lowest BCUT2D eigenvalue weighted by atomic mass is 10.2. The average molecular weight is 322 g/mol. The SMILES string of the molecule is NC(=O)c1ccc(NCC(=O)Nc2ccc(F)cc2Cl)cc1. The van der Waals surface area contributed by atoms with Crippen molar-refractivity contribution in [2.45, 2.75) is 0 Å². The van der Waals surface area contributed by atoms with Crippen LogP contribution in [0, 0.1) is 5.82 Å². The Balaban J connectivity index is 1.91. The van der Waals surface area contributed by atoms with Gasteiger partial charge >= 0.3 is 0 Å². The number of carbonyl (C=O) groups excluding carboxylic acids is 2. The van der Waals surface area contributed by atoms with Crippen molar-refractivity contribution in [3.8, 4) is 0 Å². The van der Waals surface area contributed by atoms with Gasteiger partial charge in [-0.15, -0.1) is 0 Å². The average Bonchev–Trinajstić information content (AvgIpc) is 2.48. The molecular formula is C15H13ClFN3O2. The standard InChI is InChI=1S/C15H13ClFN3O2/c16-12-7-10(17)3-6-13(12)20-14(21)8-19-11-4-1-9(2-5-11)15(18)22/h1-7,19H,8H2,(H2,18,22)(H,20,21). The molecule has 2 aromatic rings. The van der Waals surface area contributed by atoms with Gasteiger partial charge in [0.05, 0.1) is 17.3 Å². The van der Waals surface area contributed by atoms with E-state index in [0.29, 0.717) is 16.9 Å². The summed E-state index contributed by atoms with van der Waals surface area (Å²) in [6.07, 6.45) is 0. The van der Waals surface area contributed by atoms with E-state index >= 15 is 0 Å². The van der Waals surface area contributed by atoms with Crippen molar-refractivity contribution < 1.29 is 14.0 Å². The Morgan fingerprint density at radius 2 is 1.82 bits per heavy atom. The minimum Gasteiger partial charge on any atom is -0.376 e. The van der Waals surface area contributed by atoms with Crippen LogP contribution < -0.4 is 16.4 Å². The minimum atomic E-state index is -0.518. The van der Waals surface area contributed by atoms with Gasteiger partial charge in [-0.2, -0.15) is 0 Å². The number of hydrogen-bond donors (Lipinski definition) is 3. The van der Waals surface area contributed by atoms with Crippen molar-refractivity contribution >= 4 is 34.8 Å². The fourth-order valence-electron chi connectivity index (χ4n) is 1.72. The number of nitrogens with two attached hydrogens (primary N) is 1. The number of hydrogen-bond acceptors (Lipinski definition) is 3. The van der Waals surface area contributed by atoms with E-state index < -0.39 is 11.7 Å². The van der Waals surface area contributed by atoms with Crippen LogP contribution in [-0.2, 0) is 4.79 Å². The van der Waals surface area contributed by atoms with Crippen molar-refractivity contribution in [1.82, 2.24) is 0 Å². The maximum Gasteiger partial charge on any atom is 0.248 e. The maximum atomic E-state index is 12.9. The highest BCUT2D eigenvalue weighted by molar-refractivity contribution is 6.33. The number of anilines is 2. The van der Waals surface area contributed by atoms with Crippen molar-refractivity contribution in [1.29, 1.82) is 0 Å². The Morgan fingerprint density at radius 3 is 2.41 bits per heavy atom. The number of carbonyl (C=O) groups is 2. The summed E-state index contributed by atoms with van der Waals surface area (Å²) in [5.74, 6) is -1.33. The Hall–Kier alpha value is -2.60. The number of nitrogens with one attached hydrogen (secondary N) is 2. The van der Waals surface area contributed by atoms with Crippen molar-refractivity contribution in [2.75, 3.05) is 17.2 Å². The van der Waals surface area contributed by atoms with Gasteiger partial charge in [0.15, 0.2) is 0 Å². The summed E-state index contributed by atoms with van der Waals surface area (Å²) in [5.41, 5.74) is 6.51. The molecule has 22 heavy (non-hydrogen) atoms. The summed E-state index contributed by atoms with van der Waals surface area (Å²) >= 11 is 5.82. The molecule has 0 unspecified atom stereocenters. The predicted octanol–water partition coefficient (Wildman–Crippen LogP) is 2.63. The van der Waals surface area contributed by atoms with Crippen LogP contribution in [0.3, 0.4) is 0 Å². The van der Waals surface area contributed by atoms with Crippen molar-refractivity contribution in [3.63, 3.8) is 0 Å². The molecule has 0 radical (unpaired) electrons. The molecule has 0 saturated heterocycles. The molecule has 114 valence electrons. The smallest absolute Gasteiger partial charge is 0.248 e. The van der Waals surface area contributed by atoms with Gasteiger partial charge in [0.1, 0.15) is 5.82 Å². The number of benzene rings is 2. The Kier molecular flexibility index (Phi) is 4.95. The summed E-state index contributed by atoms with van der Waals surface area (Å²) in [4.78, 5) is 22.7. The first-order chi connectivity index (χ1) is 10.5. The molecule has 0 aliphatic rings. The molecule has 2 aromatic carbocycles. The quantitative estimate of drug-likeness (QED) is 0.791. The molecule has 0 aliphatic heterocycles. The molecule has 2 rings (SSSR count). The summed E-state index contributed by atoms with van der Waals surface area (Å²) in [7, 11) is 0. The van der Waals surface area contributed by atoms with Crippen molar-refractivity contribution in [3.05, 3.63) is 58.9 Å². The molecule has 0 aromatic heterocycles. The summed E-state index contributed by atoms with van der Waals surface area (Å²) in [5, 5.41) is 5.57. The van der Waals surface area contributed by atoms with Crippen LogP contribution >= 0.6 is 11.6 Å². The normalized spacial score (nSPS) is 10.1. The zero-order chi connectivity index (χ0) is 16.1. The van der Waals surface area contributed by atoms with E-state index in [0.717, 1.165) is 6.07 Å². The highest BCUT2D eigenvalue weighted by Gasteiger charge is 2.07. The molecular weight excluding hydrogens is 309 g/mol. The third-order valence-corrected chi connectivity index (χ3v) is 3.14. The van der Waals surface area contributed by atoms with Gasteiger partial charge in [-0.05, 0) is 42.5 Å². The van der Waals surface area contributed by atoms with E-state index in [9.17, 15) is 14.0 Å². The van der Waals surface area contributed by atoms with E-state index in [1.165, 1.54) is 12.1 Å². The van der Waals surface area contributed by atoms with E-state index in [4.69, 9.17) is 17.3 Å². The first kappa shape index (κ1) is 15.8. The molecule has 0 heterocycles. The third-order valence-electron chi connectivity index (χ3n) is 2.83. The highest BCUT2D eigenvalue weighted by atomic mass is 35.5. The molecule has 0 saturated carbocycles. The zero-order valence-corrected chi connectivity index (χ0v) is 12.2. The van der Waals surface area contributed by atoms with Crippen LogP contribution in [0.2, 0.25) is 5.02 Å². The van der Waals surface area contributed by atoms with Gasteiger partial charge in [0.25, 0.3) is 0 Å². The second-order valence-electron chi connectivity index (χ2n) is 4.47. The lowest BCUT2D eigenvalue weighted by Crippen LogP contribution is -2.22. The number of primary amides is 1. The first-order valence-electron chi connectivity index (χ1n) is 6.34. The summed E-state index contributed by atoms with van der Waals surface area (Å²) < 4.78 is 12.9. The van der Waals surface area contributed by atoms with E-state index in [-0.39, 0.29) is 17.5 Å². The third kappa shape index (κ3) is 4.20. The molecule has 4 N–H and O–H groups in total. The van der Waals surface area contributed by atoms with Gasteiger partial charge in [-0.3, -0.25) is 9.59 Å². The maximum absolute atomic E-state index is 12.9. The van der Waals surface area contributed by atoms with Crippen LogP contribution in [0.5, 0.6) is 0 Å². The summed E-state index contributed by atoms with van der Waals surface area (Å²) in [6, 6.07) is 10.1. The largest absolute Gasteiger partial charge is 0.376 e. The fraction of sp³-hybridized carbons (Fsp3) is 0.0667. The lowest BCUT2D eigenvalue weighted by Gasteiger charge is -2.09. The Morgan fingerprint density at radius 1 is 1.14 bits per heavy atom. The number of rotatable bonds is 5. The van der Waals surface area contributed by atoms with Gasteiger partial charge in [0.2, 0.25) is 11.8 Å². The minimum absolute atomic E-state index is 0.0103. The van der Waals surface area contributed by atoms with Crippen LogP contribution in [0.4, 0.5) is 15.8 Å². The first-order valence-corrected chi connectivity index (χ1v) is 6.72. The predicted molar refractivity (Wildman–Crippen MR) is 83.5 cm³/mol. The van der Waals surface area contributed by atoms with Crippen LogP contribution in [0.25, 0.3) is 0 Å². The van der Waals surface area contributed by atoms with E-state index in [1.54, 1.807) is 24.3 Å². The van der Waals surface area contributed by atoms with Crippen LogP contribution in [0.15, 0.2) is 42.5 Å². The van der Waals surface area contributed by atoms with Crippen LogP contribution in [0.1, 0.15) is 10.4 Å². The second kappa shape index (κ2) is 6.91. The van der Waals surface area contributed by atoms with Crippen molar-refractivity contribution in [2.24, 2.45) is 5.73 Å². The highest BCUT2D eigenvalue weighted by Crippen LogP contribution is 2.22. The molecule has 0 bridgehead atoms. The Bertz CT molecular complexity index is 704. The zero-order valence-electron chi connectivity index (χ0n) is 11.4. The molecule has 0 atom stereocenters. The number of amides is 2. The van der Waals surface area contributed by atoms with E-state index in [2.05, 4.69) is 10.6 Å². The van der Waals surface area contributed by atoms with Crippen LogP contribution in [-0.4, -0.2) is 18.4 Å². The van der Waals surface area contributed by atoms with Gasteiger partial charge in [0, 0.05) is 11.3 Å². The fourth-order valence-corrected chi connectivity index (χ4v) is 1.93. The number of halogens is 2. The molecule has 0 aliphatic carbocycles. The molecule has 0 fully saturated rings. The second-order valence-corrected chi connectivity index (χ2v) is 4.87. The summed E-state index contributed by atoms with van der Waals surface area (Å²) in [6.45, 7) is -0.0103. The Labute approximate surface area is 131 Å². The van der Waals surface area contributed by atoms with Gasteiger partial charge in [-0.25, -0.2) is 4.39 Å². The molecule has 0 spiro atoms. The lowest BCUT2D eigenvalue weighted by molar-refractivity contribution is -0.114. The molecule has 5 nitrogen and oxygen atoms in total. The van der Waals surface area contributed by atoms with Gasteiger partial charge < -0.3 is 16.4 Å². The molecule has 7 heteroatoms. The monoisotopic (exact) mass is 321 g/mol. The van der Waals surface area contributed by atoms with Gasteiger partial charge in [-0.1, -0.05) is 11.6 Å².